The van der Waals surface area contributed by atoms with Crippen molar-refractivity contribution in [1.82, 2.24) is 25.1 Å². The van der Waals surface area contributed by atoms with Gasteiger partial charge >= 0.3 is 0 Å². The van der Waals surface area contributed by atoms with Crippen molar-refractivity contribution in [2.24, 2.45) is 0 Å². The Hall–Kier alpha value is -3.29. The summed E-state index contributed by atoms with van der Waals surface area (Å²) in [5.41, 5.74) is 4.28. The number of nitrogens with one attached hydrogen (secondary N) is 2. The fraction of sp³-hybridized carbons (Fsp3) is 0.174. The summed E-state index contributed by atoms with van der Waals surface area (Å²) in [5.74, 6) is 0.373. The molecule has 0 atom stereocenters. The molecule has 0 radical (unpaired) electrons. The van der Waals surface area contributed by atoms with Crippen LogP contribution in [0.1, 0.15) is 11.3 Å². The molecule has 2 N–H and O–H groups in total. The Labute approximate surface area is 185 Å². The van der Waals surface area contributed by atoms with E-state index in [0.29, 0.717) is 36.3 Å². The highest BCUT2D eigenvalue weighted by Crippen LogP contribution is 2.24. The van der Waals surface area contributed by atoms with Crippen molar-refractivity contribution in [2.75, 3.05) is 18.4 Å². The molecule has 0 fully saturated rings. The minimum atomic E-state index is -0.282. The van der Waals surface area contributed by atoms with Gasteiger partial charge in [-0.2, -0.15) is 5.10 Å². The number of benzene rings is 2. The van der Waals surface area contributed by atoms with E-state index in [0.717, 1.165) is 22.5 Å². The molecule has 158 valence electrons. The zero-order valence-electron chi connectivity index (χ0n) is 17.0. The van der Waals surface area contributed by atoms with Crippen molar-refractivity contribution in [3.05, 3.63) is 89.2 Å². The van der Waals surface area contributed by atoms with Gasteiger partial charge in [0.05, 0.1) is 11.4 Å². The monoisotopic (exact) mass is 436 g/mol. The predicted molar refractivity (Wildman–Crippen MR) is 121 cm³/mol. The number of para-hydroxylation sites is 1. The maximum Gasteiger partial charge on any atom is 0.152 e. The molecular weight excluding hydrogens is 415 g/mol. The highest BCUT2D eigenvalue weighted by molar-refractivity contribution is 6.30. The van der Waals surface area contributed by atoms with Gasteiger partial charge in [-0.3, -0.25) is 4.98 Å². The van der Waals surface area contributed by atoms with Crippen LogP contribution in [0.25, 0.3) is 16.9 Å². The van der Waals surface area contributed by atoms with Crippen LogP contribution < -0.4 is 10.6 Å². The van der Waals surface area contributed by atoms with Crippen LogP contribution in [0, 0.1) is 12.7 Å². The van der Waals surface area contributed by atoms with Crippen LogP contribution in [0.15, 0.2) is 67.0 Å². The summed E-state index contributed by atoms with van der Waals surface area (Å²) in [5, 5.41) is 11.8. The molecule has 0 unspecified atom stereocenters. The lowest BCUT2D eigenvalue weighted by molar-refractivity contribution is 0.628. The topological polar surface area (TPSA) is 67.7 Å². The largest absolute Gasteiger partial charge is 0.367 e. The number of aromatic nitrogens is 4. The van der Waals surface area contributed by atoms with E-state index in [1.165, 1.54) is 12.1 Å². The van der Waals surface area contributed by atoms with Crippen molar-refractivity contribution in [3.63, 3.8) is 0 Å². The fourth-order valence-corrected chi connectivity index (χ4v) is 3.58. The lowest BCUT2D eigenvalue weighted by atomic mass is 10.1. The maximum atomic E-state index is 13.2. The minimum Gasteiger partial charge on any atom is -0.367 e. The first-order chi connectivity index (χ1) is 15.1. The number of anilines is 1. The fourth-order valence-electron chi connectivity index (χ4n) is 3.24. The highest BCUT2D eigenvalue weighted by Gasteiger charge is 2.14. The van der Waals surface area contributed by atoms with Crippen LogP contribution in [-0.4, -0.2) is 32.8 Å². The average Bonchev–Trinajstić information content (AvgIpc) is 3.08. The third-order valence-electron chi connectivity index (χ3n) is 4.83. The van der Waals surface area contributed by atoms with E-state index in [4.69, 9.17) is 11.6 Å². The van der Waals surface area contributed by atoms with Crippen molar-refractivity contribution in [2.45, 2.75) is 13.5 Å². The summed E-state index contributed by atoms with van der Waals surface area (Å²) in [4.78, 5) is 8.75. The molecule has 0 saturated heterocycles. The zero-order chi connectivity index (χ0) is 21.6. The first-order valence-corrected chi connectivity index (χ1v) is 10.3. The Kier molecular flexibility index (Phi) is 6.54. The zero-order valence-corrected chi connectivity index (χ0v) is 17.8. The van der Waals surface area contributed by atoms with Gasteiger partial charge in [-0.1, -0.05) is 29.8 Å². The predicted octanol–water partition coefficient (Wildman–Crippen LogP) is 4.63. The number of aryl methyl sites for hydroxylation is 1. The molecule has 0 spiro atoms. The average molecular weight is 437 g/mol. The molecule has 2 aromatic carbocycles. The summed E-state index contributed by atoms with van der Waals surface area (Å²) in [7, 11) is 0. The molecule has 0 aliphatic heterocycles. The van der Waals surface area contributed by atoms with Crippen molar-refractivity contribution < 1.29 is 4.39 Å². The summed E-state index contributed by atoms with van der Waals surface area (Å²) >= 11 is 6.57. The minimum absolute atomic E-state index is 0.282. The van der Waals surface area contributed by atoms with Gasteiger partial charge in [-0.15, -0.1) is 0 Å². The SMILES string of the molecule is Cc1nn(-c2ccccc2)c(Cl)c1CNCCNc1nccnc1-c1ccc(F)cc1. The molecule has 0 saturated carbocycles. The van der Waals surface area contributed by atoms with Gasteiger partial charge in [0.15, 0.2) is 5.82 Å². The second-order valence-electron chi connectivity index (χ2n) is 6.97. The van der Waals surface area contributed by atoms with E-state index in [1.807, 2.05) is 37.3 Å². The van der Waals surface area contributed by atoms with Crippen LogP contribution >= 0.6 is 11.6 Å². The third-order valence-corrected chi connectivity index (χ3v) is 5.22. The van der Waals surface area contributed by atoms with Crippen LogP contribution in [0.3, 0.4) is 0 Å². The molecule has 6 nitrogen and oxygen atoms in total. The van der Waals surface area contributed by atoms with Crippen molar-refractivity contribution >= 4 is 17.4 Å². The van der Waals surface area contributed by atoms with E-state index >= 15 is 0 Å². The van der Waals surface area contributed by atoms with Crippen LogP contribution in [0.4, 0.5) is 10.2 Å². The van der Waals surface area contributed by atoms with Crippen molar-refractivity contribution in [3.8, 4) is 16.9 Å². The van der Waals surface area contributed by atoms with Gasteiger partial charge in [-0.05, 0) is 43.3 Å². The van der Waals surface area contributed by atoms with Crippen molar-refractivity contribution in [1.29, 1.82) is 0 Å². The normalized spacial score (nSPS) is 10.9. The second kappa shape index (κ2) is 9.68. The Morgan fingerprint density at radius 3 is 2.48 bits per heavy atom. The summed E-state index contributed by atoms with van der Waals surface area (Å²) in [6.07, 6.45) is 3.25. The van der Waals surface area contributed by atoms with E-state index in [-0.39, 0.29) is 5.82 Å². The molecule has 4 rings (SSSR count). The molecule has 2 heterocycles. The number of rotatable bonds is 8. The number of hydrogen-bond donors (Lipinski definition) is 2. The molecule has 0 amide bonds. The molecule has 4 aromatic rings. The second-order valence-corrected chi connectivity index (χ2v) is 7.32. The smallest absolute Gasteiger partial charge is 0.152 e. The molecular formula is C23H22ClFN6. The summed E-state index contributed by atoms with van der Waals surface area (Å²) < 4.78 is 15.0. The molecule has 0 aliphatic carbocycles. The number of halogens is 2. The van der Waals surface area contributed by atoms with Gasteiger partial charge in [0.25, 0.3) is 0 Å². The third kappa shape index (κ3) is 4.90. The Morgan fingerprint density at radius 1 is 0.968 bits per heavy atom. The maximum absolute atomic E-state index is 13.2. The lowest BCUT2D eigenvalue weighted by Crippen LogP contribution is -2.22. The van der Waals surface area contributed by atoms with E-state index in [1.54, 1.807) is 29.2 Å². The first-order valence-electron chi connectivity index (χ1n) is 9.94. The van der Waals surface area contributed by atoms with Gasteiger partial charge in [0.2, 0.25) is 0 Å². The first kappa shape index (κ1) is 21.0. The van der Waals surface area contributed by atoms with Crippen LogP contribution in [-0.2, 0) is 6.54 Å². The van der Waals surface area contributed by atoms with E-state index in [2.05, 4.69) is 25.7 Å². The Morgan fingerprint density at radius 2 is 1.71 bits per heavy atom. The number of nitrogens with zero attached hydrogens (tertiary/aromatic N) is 4. The van der Waals surface area contributed by atoms with E-state index < -0.39 is 0 Å². The molecule has 0 aliphatic rings. The number of hydrogen-bond acceptors (Lipinski definition) is 5. The van der Waals surface area contributed by atoms with Gasteiger partial charge in [0.1, 0.15) is 16.7 Å². The quantitative estimate of drug-likeness (QED) is 0.394. The van der Waals surface area contributed by atoms with Crippen LogP contribution in [0.5, 0.6) is 0 Å². The summed E-state index contributed by atoms with van der Waals surface area (Å²) in [6.45, 7) is 3.88. The Balaban J connectivity index is 1.35. The molecule has 0 bridgehead atoms. The molecule has 31 heavy (non-hydrogen) atoms. The molecule has 8 heteroatoms. The van der Waals surface area contributed by atoms with E-state index in [9.17, 15) is 4.39 Å². The van der Waals surface area contributed by atoms with Gasteiger partial charge in [0, 0.05) is 43.2 Å². The lowest BCUT2D eigenvalue weighted by Gasteiger charge is -2.11. The standard InChI is InChI=1S/C23H22ClFN6/c1-16-20(22(24)31(30-16)19-5-3-2-4-6-19)15-26-11-12-28-23-21(27-13-14-29-23)17-7-9-18(25)10-8-17/h2-10,13-14,26H,11-12,15H2,1H3,(H,28,29). The highest BCUT2D eigenvalue weighted by atomic mass is 35.5. The van der Waals surface area contributed by atoms with Gasteiger partial charge < -0.3 is 10.6 Å². The Bertz CT molecular complexity index is 1140. The summed E-state index contributed by atoms with van der Waals surface area (Å²) in [6, 6.07) is 16.0. The van der Waals surface area contributed by atoms with Gasteiger partial charge in [-0.25, -0.2) is 14.1 Å². The van der Waals surface area contributed by atoms with Crippen LogP contribution in [0.2, 0.25) is 5.15 Å². The molecule has 2 aromatic heterocycles.